The quantitative estimate of drug-likeness (QED) is 0.714. The van der Waals surface area contributed by atoms with Crippen LogP contribution in [0.25, 0.3) is 0 Å². The van der Waals surface area contributed by atoms with Gasteiger partial charge in [0.1, 0.15) is 0 Å². The normalized spacial score (nSPS) is 17.5. The topological polar surface area (TPSA) is 3.24 Å². The van der Waals surface area contributed by atoms with E-state index in [1.54, 1.807) is 5.56 Å². The standard InChI is InChI=1S/C14H21N/c1-12(2)10-15-9-5-8-13-6-3-4-7-14(13)11-15/h3-4,6-7,12H,5,8-11H2,1-2H3. The first-order valence-electron chi connectivity index (χ1n) is 6.05. The predicted octanol–water partition coefficient (Wildman–Crippen LogP) is 3.09. The van der Waals surface area contributed by atoms with Crippen LogP contribution in [0.15, 0.2) is 24.3 Å². The van der Waals surface area contributed by atoms with Gasteiger partial charge in [0.25, 0.3) is 0 Å². The van der Waals surface area contributed by atoms with Crippen LogP contribution in [0.1, 0.15) is 31.4 Å². The second-order valence-electron chi connectivity index (χ2n) is 5.00. The third-order valence-corrected chi connectivity index (χ3v) is 3.06. The second kappa shape index (κ2) is 4.80. The maximum atomic E-state index is 2.59. The van der Waals surface area contributed by atoms with Gasteiger partial charge in [-0.25, -0.2) is 0 Å². The minimum atomic E-state index is 0.773. The molecular formula is C14H21N. The van der Waals surface area contributed by atoms with Gasteiger partial charge < -0.3 is 0 Å². The summed E-state index contributed by atoms with van der Waals surface area (Å²) in [5.41, 5.74) is 3.10. The molecule has 82 valence electrons. The molecule has 1 heteroatoms. The lowest BCUT2D eigenvalue weighted by Crippen LogP contribution is -2.27. The Morgan fingerprint density at radius 1 is 1.20 bits per heavy atom. The Bertz CT molecular complexity index is 317. The number of fused-ring (bicyclic) bond motifs is 1. The van der Waals surface area contributed by atoms with E-state index < -0.39 is 0 Å². The van der Waals surface area contributed by atoms with E-state index in [2.05, 4.69) is 43.0 Å². The van der Waals surface area contributed by atoms with E-state index in [0.717, 1.165) is 12.5 Å². The maximum Gasteiger partial charge on any atom is 0.0236 e. The van der Waals surface area contributed by atoms with Gasteiger partial charge in [0.15, 0.2) is 0 Å². The summed E-state index contributed by atoms with van der Waals surface area (Å²) in [6.07, 6.45) is 2.56. The van der Waals surface area contributed by atoms with Crippen LogP contribution in [-0.4, -0.2) is 18.0 Å². The second-order valence-corrected chi connectivity index (χ2v) is 5.00. The molecule has 0 aromatic heterocycles. The molecule has 1 aliphatic rings. The van der Waals surface area contributed by atoms with Gasteiger partial charge in [-0.1, -0.05) is 38.1 Å². The molecule has 0 spiro atoms. The third-order valence-electron chi connectivity index (χ3n) is 3.06. The van der Waals surface area contributed by atoms with Gasteiger partial charge in [0.05, 0.1) is 0 Å². The lowest BCUT2D eigenvalue weighted by atomic mass is 10.0. The fourth-order valence-electron chi connectivity index (χ4n) is 2.44. The first-order valence-corrected chi connectivity index (χ1v) is 6.05. The van der Waals surface area contributed by atoms with E-state index in [0.29, 0.717) is 0 Å². The molecule has 0 bridgehead atoms. The van der Waals surface area contributed by atoms with Crippen LogP contribution in [0, 0.1) is 5.92 Å². The number of rotatable bonds is 2. The van der Waals surface area contributed by atoms with Gasteiger partial charge in [-0.15, -0.1) is 0 Å². The van der Waals surface area contributed by atoms with Gasteiger partial charge in [-0.3, -0.25) is 4.90 Å². The van der Waals surface area contributed by atoms with Crippen molar-refractivity contribution in [1.82, 2.24) is 4.90 Å². The van der Waals surface area contributed by atoms with Gasteiger partial charge in [-0.05, 0) is 36.4 Å². The molecule has 1 aromatic carbocycles. The zero-order chi connectivity index (χ0) is 10.7. The molecule has 0 saturated carbocycles. The molecule has 0 atom stereocenters. The summed E-state index contributed by atoms with van der Waals surface area (Å²) in [5, 5.41) is 0. The van der Waals surface area contributed by atoms with E-state index in [4.69, 9.17) is 0 Å². The van der Waals surface area contributed by atoms with Gasteiger partial charge in [0.2, 0.25) is 0 Å². The summed E-state index contributed by atoms with van der Waals surface area (Å²) >= 11 is 0. The van der Waals surface area contributed by atoms with Crippen LogP contribution >= 0.6 is 0 Å². The van der Waals surface area contributed by atoms with Crippen LogP contribution < -0.4 is 0 Å². The van der Waals surface area contributed by atoms with E-state index >= 15 is 0 Å². The Hall–Kier alpha value is -0.820. The highest BCUT2D eigenvalue weighted by molar-refractivity contribution is 5.27. The van der Waals surface area contributed by atoms with Crippen molar-refractivity contribution in [2.45, 2.75) is 33.2 Å². The fraction of sp³-hybridized carbons (Fsp3) is 0.571. The highest BCUT2D eigenvalue weighted by Gasteiger charge is 2.14. The molecule has 15 heavy (non-hydrogen) atoms. The Morgan fingerprint density at radius 2 is 1.93 bits per heavy atom. The lowest BCUT2D eigenvalue weighted by Gasteiger charge is -2.22. The molecule has 0 N–H and O–H groups in total. The first kappa shape index (κ1) is 10.7. The van der Waals surface area contributed by atoms with Crippen molar-refractivity contribution < 1.29 is 0 Å². The Labute approximate surface area is 93.1 Å². The molecule has 0 radical (unpaired) electrons. The van der Waals surface area contributed by atoms with Crippen LogP contribution in [0.4, 0.5) is 0 Å². The molecule has 1 aliphatic heterocycles. The van der Waals surface area contributed by atoms with Crippen molar-refractivity contribution in [1.29, 1.82) is 0 Å². The fourth-order valence-corrected chi connectivity index (χ4v) is 2.44. The highest BCUT2D eigenvalue weighted by Crippen LogP contribution is 2.18. The maximum absolute atomic E-state index is 2.59. The number of hydrogen-bond acceptors (Lipinski definition) is 1. The molecule has 0 saturated heterocycles. The molecule has 0 fully saturated rings. The zero-order valence-corrected chi connectivity index (χ0v) is 9.87. The van der Waals surface area contributed by atoms with Crippen LogP contribution in [-0.2, 0) is 13.0 Å². The largest absolute Gasteiger partial charge is 0.299 e. The van der Waals surface area contributed by atoms with Crippen LogP contribution in [0.5, 0.6) is 0 Å². The zero-order valence-electron chi connectivity index (χ0n) is 9.87. The molecule has 1 heterocycles. The average Bonchev–Trinajstić information content (AvgIpc) is 2.38. The highest BCUT2D eigenvalue weighted by atomic mass is 15.1. The lowest BCUT2D eigenvalue weighted by molar-refractivity contribution is 0.240. The summed E-state index contributed by atoms with van der Waals surface area (Å²) < 4.78 is 0. The summed E-state index contributed by atoms with van der Waals surface area (Å²) in [4.78, 5) is 2.59. The Kier molecular flexibility index (Phi) is 3.42. The van der Waals surface area contributed by atoms with E-state index in [-0.39, 0.29) is 0 Å². The van der Waals surface area contributed by atoms with Crippen molar-refractivity contribution in [3.05, 3.63) is 35.4 Å². The van der Waals surface area contributed by atoms with Gasteiger partial charge >= 0.3 is 0 Å². The van der Waals surface area contributed by atoms with E-state index in [1.165, 1.54) is 31.5 Å². The number of nitrogens with zero attached hydrogens (tertiary/aromatic N) is 1. The molecule has 0 amide bonds. The molecule has 1 aromatic rings. The monoisotopic (exact) mass is 203 g/mol. The van der Waals surface area contributed by atoms with Gasteiger partial charge in [-0.2, -0.15) is 0 Å². The number of hydrogen-bond donors (Lipinski definition) is 0. The molecule has 0 aliphatic carbocycles. The summed E-state index contributed by atoms with van der Waals surface area (Å²) in [6.45, 7) is 8.24. The molecule has 2 rings (SSSR count). The first-order chi connectivity index (χ1) is 7.25. The summed E-state index contributed by atoms with van der Waals surface area (Å²) in [6, 6.07) is 8.90. The minimum absolute atomic E-state index is 0.773. The van der Waals surface area contributed by atoms with Crippen molar-refractivity contribution in [3.63, 3.8) is 0 Å². The number of aryl methyl sites for hydroxylation is 1. The van der Waals surface area contributed by atoms with Gasteiger partial charge in [0, 0.05) is 13.1 Å². The van der Waals surface area contributed by atoms with Crippen molar-refractivity contribution in [2.24, 2.45) is 5.92 Å². The molecule has 1 nitrogen and oxygen atoms in total. The van der Waals surface area contributed by atoms with Crippen LogP contribution in [0.3, 0.4) is 0 Å². The molecule has 0 unspecified atom stereocenters. The summed E-state index contributed by atoms with van der Waals surface area (Å²) in [5.74, 6) is 0.773. The Morgan fingerprint density at radius 3 is 2.67 bits per heavy atom. The van der Waals surface area contributed by atoms with Crippen LogP contribution in [0.2, 0.25) is 0 Å². The summed E-state index contributed by atoms with van der Waals surface area (Å²) in [7, 11) is 0. The molecular weight excluding hydrogens is 182 g/mol. The predicted molar refractivity (Wildman–Crippen MR) is 64.9 cm³/mol. The average molecular weight is 203 g/mol. The van der Waals surface area contributed by atoms with Crippen molar-refractivity contribution in [3.8, 4) is 0 Å². The van der Waals surface area contributed by atoms with Crippen molar-refractivity contribution in [2.75, 3.05) is 13.1 Å². The van der Waals surface area contributed by atoms with E-state index in [9.17, 15) is 0 Å². The van der Waals surface area contributed by atoms with E-state index in [1.807, 2.05) is 0 Å². The smallest absolute Gasteiger partial charge is 0.0236 e. The van der Waals surface area contributed by atoms with Crippen molar-refractivity contribution >= 4 is 0 Å². The Balaban J connectivity index is 2.10. The number of benzene rings is 1. The third kappa shape index (κ3) is 2.82. The SMILES string of the molecule is CC(C)CN1CCCc2ccccc2C1. The minimum Gasteiger partial charge on any atom is -0.299 e.